The maximum absolute atomic E-state index is 11.7. The van der Waals surface area contributed by atoms with Crippen LogP contribution in [0.5, 0.6) is 11.5 Å². The van der Waals surface area contributed by atoms with Gasteiger partial charge in [0.2, 0.25) is 5.91 Å². The molecule has 1 amide bonds. The molecule has 0 atom stereocenters. The largest absolute Gasteiger partial charge is 0.497 e. The van der Waals surface area contributed by atoms with Crippen LogP contribution in [-0.4, -0.2) is 19.6 Å². The van der Waals surface area contributed by atoms with E-state index in [0.717, 1.165) is 17.2 Å². The first-order valence-corrected chi connectivity index (χ1v) is 7.62. The quantitative estimate of drug-likeness (QED) is 0.571. The lowest BCUT2D eigenvalue weighted by Gasteiger charge is -2.09. The molecule has 0 saturated heterocycles. The van der Waals surface area contributed by atoms with E-state index in [9.17, 15) is 4.79 Å². The van der Waals surface area contributed by atoms with Crippen molar-refractivity contribution >= 4 is 23.2 Å². The number of methoxy groups -OCH3 is 1. The molecule has 0 aliphatic rings. The maximum atomic E-state index is 11.7. The highest BCUT2D eigenvalue weighted by molar-refractivity contribution is 6.30. The number of anilines is 1. The van der Waals surface area contributed by atoms with Crippen LogP contribution >= 0.6 is 11.6 Å². The van der Waals surface area contributed by atoms with Crippen molar-refractivity contribution in [2.75, 3.05) is 19.1 Å². The van der Waals surface area contributed by atoms with Crippen molar-refractivity contribution in [2.24, 2.45) is 0 Å². The van der Waals surface area contributed by atoms with Gasteiger partial charge in [0.1, 0.15) is 11.5 Å². The Morgan fingerprint density at radius 2 is 1.70 bits per heavy atom. The minimum Gasteiger partial charge on any atom is -0.497 e. The monoisotopic (exact) mass is 334 g/mol. The molecule has 0 aliphatic heterocycles. The second kappa shape index (κ2) is 8.90. The summed E-state index contributed by atoms with van der Waals surface area (Å²) >= 11 is 5.79. The summed E-state index contributed by atoms with van der Waals surface area (Å²) in [4.78, 5) is 11.7. The highest BCUT2D eigenvalue weighted by atomic mass is 35.5. The van der Waals surface area contributed by atoms with Gasteiger partial charge in [-0.25, -0.2) is 0 Å². The van der Waals surface area contributed by atoms with E-state index in [-0.39, 0.29) is 5.91 Å². The van der Waals surface area contributed by atoms with E-state index in [1.54, 1.807) is 31.4 Å². The van der Waals surface area contributed by atoms with Gasteiger partial charge in [-0.3, -0.25) is 15.6 Å². The van der Waals surface area contributed by atoms with Gasteiger partial charge >= 0.3 is 0 Å². The number of hydrogen-bond donors (Lipinski definition) is 2. The van der Waals surface area contributed by atoms with Crippen molar-refractivity contribution in [3.63, 3.8) is 0 Å². The maximum Gasteiger partial charge on any atom is 0.238 e. The van der Waals surface area contributed by atoms with Gasteiger partial charge in [0, 0.05) is 11.4 Å². The highest BCUT2D eigenvalue weighted by Crippen LogP contribution is 2.17. The number of carbonyl (C=O) groups is 1. The lowest BCUT2D eigenvalue weighted by atomic mass is 10.3. The summed E-state index contributed by atoms with van der Waals surface area (Å²) < 4.78 is 10.6. The molecule has 2 rings (SSSR count). The van der Waals surface area contributed by atoms with Gasteiger partial charge in [0.25, 0.3) is 0 Å². The number of nitrogens with one attached hydrogen (secondary N) is 2. The zero-order valence-electron chi connectivity index (χ0n) is 12.8. The summed E-state index contributed by atoms with van der Waals surface area (Å²) in [6.07, 6.45) is 0.997. The number of carbonyl (C=O) groups excluding carboxylic acids is 1. The fourth-order valence-corrected chi connectivity index (χ4v) is 1.96. The van der Waals surface area contributed by atoms with Crippen LogP contribution < -0.4 is 20.3 Å². The fourth-order valence-electron chi connectivity index (χ4n) is 1.83. The van der Waals surface area contributed by atoms with Crippen LogP contribution in [0.3, 0.4) is 0 Å². The fraction of sp³-hybridized carbons (Fsp3) is 0.235. The molecule has 2 N–H and O–H groups in total. The zero-order chi connectivity index (χ0) is 16.5. The van der Waals surface area contributed by atoms with Gasteiger partial charge in [-0.2, -0.15) is 0 Å². The molecule has 0 unspecified atom stereocenters. The Morgan fingerprint density at radius 3 is 2.35 bits per heavy atom. The predicted octanol–water partition coefficient (Wildman–Crippen LogP) is 3.65. The van der Waals surface area contributed by atoms with E-state index in [4.69, 9.17) is 21.1 Å². The molecule has 122 valence electrons. The van der Waals surface area contributed by atoms with Crippen molar-refractivity contribution in [3.05, 3.63) is 53.6 Å². The molecule has 0 radical (unpaired) electrons. The minimum absolute atomic E-state index is 0.0988. The average molecular weight is 335 g/mol. The Balaban J connectivity index is 1.61. The van der Waals surface area contributed by atoms with E-state index >= 15 is 0 Å². The van der Waals surface area contributed by atoms with Crippen LogP contribution in [0.4, 0.5) is 5.69 Å². The van der Waals surface area contributed by atoms with Crippen LogP contribution in [0, 0.1) is 0 Å². The number of halogens is 1. The molecular formula is C17H19ClN2O3. The van der Waals surface area contributed by atoms with E-state index in [2.05, 4.69) is 10.9 Å². The van der Waals surface area contributed by atoms with Gasteiger partial charge < -0.3 is 9.47 Å². The third-order valence-corrected chi connectivity index (χ3v) is 3.32. The third kappa shape index (κ3) is 6.08. The number of rotatable bonds is 8. The van der Waals surface area contributed by atoms with Crippen molar-refractivity contribution < 1.29 is 14.3 Å². The smallest absolute Gasteiger partial charge is 0.238 e. The summed E-state index contributed by atoms with van der Waals surface area (Å²) in [5.74, 6) is 1.44. The molecule has 2 aromatic carbocycles. The number of hydrazine groups is 1. The third-order valence-electron chi connectivity index (χ3n) is 3.07. The first-order chi connectivity index (χ1) is 11.2. The summed E-state index contributed by atoms with van der Waals surface area (Å²) in [7, 11) is 1.62. The van der Waals surface area contributed by atoms with Crippen LogP contribution in [0.2, 0.25) is 5.02 Å². The van der Waals surface area contributed by atoms with Crippen molar-refractivity contribution in [2.45, 2.75) is 12.8 Å². The molecule has 5 nitrogen and oxygen atoms in total. The SMILES string of the molecule is COc1ccc(OCCCC(=O)NNc2ccc(Cl)cc2)cc1. The molecule has 0 saturated carbocycles. The Labute approximate surface area is 140 Å². The topological polar surface area (TPSA) is 59.6 Å². The van der Waals surface area contributed by atoms with Crippen LogP contribution in [-0.2, 0) is 4.79 Å². The van der Waals surface area contributed by atoms with Gasteiger partial charge in [-0.15, -0.1) is 0 Å². The molecule has 23 heavy (non-hydrogen) atoms. The summed E-state index contributed by atoms with van der Waals surface area (Å²) in [5, 5.41) is 0.651. The van der Waals surface area contributed by atoms with Gasteiger partial charge in [-0.1, -0.05) is 11.6 Å². The second-order valence-corrected chi connectivity index (χ2v) is 5.24. The van der Waals surface area contributed by atoms with E-state index < -0.39 is 0 Å². The molecule has 6 heteroatoms. The number of benzene rings is 2. The Bertz CT molecular complexity index is 615. The molecule has 0 spiro atoms. The van der Waals surface area contributed by atoms with E-state index in [1.807, 2.05) is 24.3 Å². The molecule has 0 aromatic heterocycles. The summed E-state index contributed by atoms with van der Waals surface area (Å²) in [6, 6.07) is 14.4. The van der Waals surface area contributed by atoms with Gasteiger partial charge in [-0.05, 0) is 55.0 Å². The standard InChI is InChI=1S/C17H19ClN2O3/c1-22-15-8-10-16(11-9-15)23-12-2-3-17(21)20-19-14-6-4-13(18)5-7-14/h4-11,19H,2-3,12H2,1H3,(H,20,21). The van der Waals surface area contributed by atoms with Crippen LogP contribution in [0.15, 0.2) is 48.5 Å². The normalized spacial score (nSPS) is 10.0. The summed E-state index contributed by atoms with van der Waals surface area (Å²) in [6.45, 7) is 0.473. The lowest BCUT2D eigenvalue weighted by molar-refractivity contribution is -0.120. The van der Waals surface area contributed by atoms with Crippen LogP contribution in [0.25, 0.3) is 0 Å². The molecule has 0 fully saturated rings. The molecule has 0 bridgehead atoms. The van der Waals surface area contributed by atoms with E-state index in [1.165, 1.54) is 0 Å². The Morgan fingerprint density at radius 1 is 1.04 bits per heavy atom. The Hall–Kier alpha value is -2.40. The molecular weight excluding hydrogens is 316 g/mol. The lowest BCUT2D eigenvalue weighted by Crippen LogP contribution is -2.29. The van der Waals surface area contributed by atoms with Gasteiger partial charge in [0.15, 0.2) is 0 Å². The highest BCUT2D eigenvalue weighted by Gasteiger charge is 2.02. The predicted molar refractivity (Wildman–Crippen MR) is 90.9 cm³/mol. The number of amides is 1. The minimum atomic E-state index is -0.0988. The Kier molecular flexibility index (Phi) is 6.56. The molecule has 0 aliphatic carbocycles. The molecule has 2 aromatic rings. The number of ether oxygens (including phenoxy) is 2. The van der Waals surface area contributed by atoms with Crippen molar-refractivity contribution in [3.8, 4) is 11.5 Å². The second-order valence-electron chi connectivity index (χ2n) is 4.81. The van der Waals surface area contributed by atoms with Crippen molar-refractivity contribution in [1.29, 1.82) is 0 Å². The summed E-state index contributed by atoms with van der Waals surface area (Å²) in [5.41, 5.74) is 6.23. The first kappa shape index (κ1) is 17.0. The average Bonchev–Trinajstić information content (AvgIpc) is 2.59. The number of hydrogen-bond acceptors (Lipinski definition) is 4. The van der Waals surface area contributed by atoms with Gasteiger partial charge in [0.05, 0.1) is 19.4 Å². The first-order valence-electron chi connectivity index (χ1n) is 7.24. The van der Waals surface area contributed by atoms with E-state index in [0.29, 0.717) is 24.5 Å². The van der Waals surface area contributed by atoms with Crippen LogP contribution in [0.1, 0.15) is 12.8 Å². The molecule has 0 heterocycles. The zero-order valence-corrected chi connectivity index (χ0v) is 13.6. The van der Waals surface area contributed by atoms with Crippen molar-refractivity contribution in [1.82, 2.24) is 5.43 Å².